The van der Waals surface area contributed by atoms with E-state index < -0.39 is 0 Å². The summed E-state index contributed by atoms with van der Waals surface area (Å²) in [6, 6.07) is 6.07. The average Bonchev–Trinajstić information content (AvgIpc) is 2.49. The zero-order valence-corrected chi connectivity index (χ0v) is 10.9. The fraction of sp³-hybridized carbons (Fsp3) is 0.357. The van der Waals surface area contributed by atoms with Gasteiger partial charge in [0.1, 0.15) is 0 Å². The molecular weight excluding hydrogens is 240 g/mol. The van der Waals surface area contributed by atoms with E-state index in [1.807, 2.05) is 13.0 Å². The summed E-state index contributed by atoms with van der Waals surface area (Å²) in [6.07, 6.45) is 3.59. The number of hydrogen-bond donors (Lipinski definition) is 0. The van der Waals surface area contributed by atoms with Crippen LogP contribution in [0.25, 0.3) is 11.1 Å². The van der Waals surface area contributed by atoms with E-state index >= 15 is 0 Å². The second kappa shape index (κ2) is 5.32. The Balaban J connectivity index is 1.93. The third-order valence-electron chi connectivity index (χ3n) is 3.29. The van der Waals surface area contributed by atoms with E-state index in [2.05, 4.69) is 32.2 Å². The minimum atomic E-state index is 0.748. The van der Waals surface area contributed by atoms with Crippen LogP contribution in [0.3, 0.4) is 0 Å². The van der Waals surface area contributed by atoms with E-state index in [0.29, 0.717) is 0 Å². The van der Waals surface area contributed by atoms with Gasteiger partial charge in [0.2, 0.25) is 0 Å². The van der Waals surface area contributed by atoms with E-state index in [9.17, 15) is 0 Å². The highest BCUT2D eigenvalue weighted by Gasteiger charge is 2.14. The molecule has 19 heavy (non-hydrogen) atoms. The summed E-state index contributed by atoms with van der Waals surface area (Å²) in [4.78, 5) is 6.52. The van der Waals surface area contributed by atoms with Gasteiger partial charge >= 0.3 is 0 Å². The van der Waals surface area contributed by atoms with Crippen LogP contribution < -0.4 is 4.90 Å². The van der Waals surface area contributed by atoms with Crippen LogP contribution in [0.5, 0.6) is 0 Å². The molecule has 2 aromatic heterocycles. The van der Waals surface area contributed by atoms with Crippen molar-refractivity contribution < 1.29 is 4.74 Å². The summed E-state index contributed by atoms with van der Waals surface area (Å²) in [5.41, 5.74) is 3.16. The lowest BCUT2D eigenvalue weighted by atomic mass is 10.1. The fourth-order valence-corrected chi connectivity index (χ4v) is 2.24. The van der Waals surface area contributed by atoms with Crippen molar-refractivity contribution in [2.45, 2.75) is 6.92 Å². The van der Waals surface area contributed by atoms with Crippen molar-refractivity contribution in [2.75, 3.05) is 31.2 Å². The molecule has 0 aromatic carbocycles. The number of ether oxygens (including phenoxy) is 1. The van der Waals surface area contributed by atoms with Crippen molar-refractivity contribution in [1.82, 2.24) is 15.2 Å². The van der Waals surface area contributed by atoms with Crippen LogP contribution in [0.4, 0.5) is 5.82 Å². The first-order valence-corrected chi connectivity index (χ1v) is 6.42. The van der Waals surface area contributed by atoms with Crippen molar-refractivity contribution in [1.29, 1.82) is 0 Å². The molecule has 0 atom stereocenters. The Hall–Kier alpha value is -2.01. The van der Waals surface area contributed by atoms with Crippen molar-refractivity contribution in [3.63, 3.8) is 0 Å². The molecule has 0 unspecified atom stereocenters. The van der Waals surface area contributed by atoms with Crippen LogP contribution in [0, 0.1) is 6.92 Å². The predicted octanol–water partition coefficient (Wildman–Crippen LogP) is 1.68. The topological polar surface area (TPSA) is 51.1 Å². The summed E-state index contributed by atoms with van der Waals surface area (Å²) < 4.78 is 5.36. The van der Waals surface area contributed by atoms with Gasteiger partial charge in [-0.1, -0.05) is 6.07 Å². The first-order valence-electron chi connectivity index (χ1n) is 6.42. The molecule has 0 aliphatic carbocycles. The number of pyridine rings is 1. The molecule has 0 bridgehead atoms. The van der Waals surface area contributed by atoms with Crippen LogP contribution in [0.15, 0.2) is 30.6 Å². The zero-order valence-electron chi connectivity index (χ0n) is 10.9. The van der Waals surface area contributed by atoms with Crippen LogP contribution >= 0.6 is 0 Å². The maximum atomic E-state index is 5.36. The second-order valence-electron chi connectivity index (χ2n) is 4.54. The molecule has 0 amide bonds. The Morgan fingerprint density at radius 2 is 2.11 bits per heavy atom. The van der Waals surface area contributed by atoms with Gasteiger partial charge in [0.15, 0.2) is 5.82 Å². The van der Waals surface area contributed by atoms with Crippen LogP contribution in [0.2, 0.25) is 0 Å². The van der Waals surface area contributed by atoms with Gasteiger partial charge in [-0.3, -0.25) is 4.98 Å². The molecule has 0 saturated carbocycles. The van der Waals surface area contributed by atoms with Gasteiger partial charge < -0.3 is 9.64 Å². The highest BCUT2D eigenvalue weighted by Crippen LogP contribution is 2.24. The summed E-state index contributed by atoms with van der Waals surface area (Å²) >= 11 is 0. The second-order valence-corrected chi connectivity index (χ2v) is 4.54. The largest absolute Gasteiger partial charge is 0.378 e. The van der Waals surface area contributed by atoms with Gasteiger partial charge in [-0.25, -0.2) is 0 Å². The third-order valence-corrected chi connectivity index (χ3v) is 3.29. The Morgan fingerprint density at radius 3 is 2.89 bits per heavy atom. The summed E-state index contributed by atoms with van der Waals surface area (Å²) in [5, 5.41) is 8.34. The lowest BCUT2D eigenvalue weighted by molar-refractivity contribution is 0.122. The number of hydrogen-bond acceptors (Lipinski definition) is 5. The molecule has 5 nitrogen and oxygen atoms in total. The molecule has 5 heteroatoms. The number of anilines is 1. The smallest absolute Gasteiger partial charge is 0.152 e. The predicted molar refractivity (Wildman–Crippen MR) is 73.0 cm³/mol. The Morgan fingerprint density at radius 1 is 1.26 bits per heavy atom. The molecule has 1 aliphatic rings. The van der Waals surface area contributed by atoms with Crippen LogP contribution in [0.1, 0.15) is 5.69 Å². The van der Waals surface area contributed by atoms with Gasteiger partial charge in [-0.15, -0.1) is 5.10 Å². The molecule has 2 aromatic rings. The van der Waals surface area contributed by atoms with Gasteiger partial charge in [0.05, 0.1) is 19.4 Å². The molecule has 1 aliphatic heterocycles. The minimum Gasteiger partial charge on any atom is -0.378 e. The average molecular weight is 256 g/mol. The number of morpholine rings is 1. The molecule has 3 heterocycles. The summed E-state index contributed by atoms with van der Waals surface area (Å²) in [6.45, 7) is 5.23. The molecule has 0 N–H and O–H groups in total. The summed E-state index contributed by atoms with van der Waals surface area (Å²) in [7, 11) is 0. The number of aryl methyl sites for hydroxylation is 1. The van der Waals surface area contributed by atoms with Gasteiger partial charge in [0.25, 0.3) is 0 Å². The lowest BCUT2D eigenvalue weighted by Crippen LogP contribution is -2.36. The maximum absolute atomic E-state index is 5.36. The molecule has 1 fully saturated rings. The number of rotatable bonds is 2. The number of nitrogens with zero attached hydrogens (tertiary/aromatic N) is 4. The summed E-state index contributed by atoms with van der Waals surface area (Å²) in [5.74, 6) is 0.907. The Kier molecular flexibility index (Phi) is 3.37. The third kappa shape index (κ3) is 2.56. The van der Waals surface area contributed by atoms with Crippen molar-refractivity contribution in [2.24, 2.45) is 0 Å². The lowest BCUT2D eigenvalue weighted by Gasteiger charge is -2.27. The van der Waals surface area contributed by atoms with Crippen molar-refractivity contribution >= 4 is 5.82 Å². The monoisotopic (exact) mass is 256 g/mol. The van der Waals surface area contributed by atoms with E-state index in [1.54, 1.807) is 12.4 Å². The quantitative estimate of drug-likeness (QED) is 0.818. The highest BCUT2D eigenvalue weighted by molar-refractivity contribution is 5.67. The van der Waals surface area contributed by atoms with Gasteiger partial charge in [-0.05, 0) is 19.1 Å². The van der Waals surface area contributed by atoms with E-state index in [1.165, 1.54) is 0 Å². The molecule has 1 saturated heterocycles. The first-order chi connectivity index (χ1) is 9.34. The standard InChI is InChI=1S/C14H16N4O/c1-11-13(3-2-4-15-11)12-9-14(17-16-10-12)18-5-7-19-8-6-18/h2-4,9-10H,5-8H2,1H3. The fourth-order valence-electron chi connectivity index (χ4n) is 2.24. The van der Waals surface area contributed by atoms with Crippen LogP contribution in [-0.4, -0.2) is 41.5 Å². The van der Waals surface area contributed by atoms with Gasteiger partial charge in [-0.2, -0.15) is 5.10 Å². The minimum absolute atomic E-state index is 0.748. The highest BCUT2D eigenvalue weighted by atomic mass is 16.5. The Bertz CT molecular complexity index is 567. The molecule has 0 spiro atoms. The normalized spacial score (nSPS) is 15.5. The first kappa shape index (κ1) is 12.0. The van der Waals surface area contributed by atoms with E-state index in [4.69, 9.17) is 4.74 Å². The van der Waals surface area contributed by atoms with Crippen molar-refractivity contribution in [3.8, 4) is 11.1 Å². The van der Waals surface area contributed by atoms with Gasteiger partial charge in [0, 0.05) is 36.1 Å². The zero-order chi connectivity index (χ0) is 13.1. The Labute approximate surface area is 112 Å². The molecule has 98 valence electrons. The SMILES string of the molecule is Cc1ncccc1-c1cnnc(N2CCOCC2)c1. The van der Waals surface area contributed by atoms with Crippen molar-refractivity contribution in [3.05, 3.63) is 36.3 Å². The maximum Gasteiger partial charge on any atom is 0.152 e. The molecular formula is C14H16N4O. The molecule has 3 rings (SSSR count). The van der Waals surface area contributed by atoms with Crippen LogP contribution in [-0.2, 0) is 4.74 Å². The number of aromatic nitrogens is 3. The van der Waals surface area contributed by atoms with E-state index in [-0.39, 0.29) is 0 Å². The van der Waals surface area contributed by atoms with E-state index in [0.717, 1.165) is 48.9 Å². The molecule has 0 radical (unpaired) electrons.